The van der Waals surface area contributed by atoms with Gasteiger partial charge in [-0.1, -0.05) is 12.8 Å². The van der Waals surface area contributed by atoms with Crippen molar-refractivity contribution in [3.8, 4) is 0 Å². The topological polar surface area (TPSA) is 186 Å². The third-order valence-electron chi connectivity index (χ3n) is 6.51. The average molecular weight is 642 g/mol. The third-order valence-corrected chi connectivity index (χ3v) is 7.44. The summed E-state index contributed by atoms with van der Waals surface area (Å²) in [4.78, 5) is 50.5. The van der Waals surface area contributed by atoms with Crippen molar-refractivity contribution < 1.29 is 45.5 Å². The van der Waals surface area contributed by atoms with Crippen molar-refractivity contribution >= 4 is 39.5 Å². The molecule has 16 heteroatoms. The molecule has 0 bridgehead atoms. The molecule has 2 aromatic carbocycles. The van der Waals surface area contributed by atoms with Gasteiger partial charge in [0, 0.05) is 17.6 Å². The smallest absolute Gasteiger partial charge is 0.416 e. The average Bonchev–Trinajstić information content (AvgIpc) is 2.91. The monoisotopic (exact) mass is 641 g/mol. The van der Waals surface area contributed by atoms with Gasteiger partial charge in [-0.05, 0) is 76.1 Å². The van der Waals surface area contributed by atoms with Crippen molar-refractivity contribution in [2.45, 2.75) is 75.2 Å². The Bertz CT molecular complexity index is 1510. The Morgan fingerprint density at radius 1 is 0.909 bits per heavy atom. The lowest BCUT2D eigenvalue weighted by Crippen LogP contribution is -2.54. The fourth-order valence-corrected chi connectivity index (χ4v) is 4.98. The number of sulfonamides is 1. The van der Waals surface area contributed by atoms with Crippen LogP contribution in [-0.2, 0) is 25.7 Å². The van der Waals surface area contributed by atoms with Crippen LogP contribution in [0.3, 0.4) is 0 Å². The number of ether oxygens (including phenoxy) is 1. The van der Waals surface area contributed by atoms with Crippen LogP contribution in [0.4, 0.5) is 23.7 Å². The zero-order valence-electron chi connectivity index (χ0n) is 24.2. The van der Waals surface area contributed by atoms with E-state index in [1.54, 1.807) is 20.8 Å². The number of halogens is 3. The lowest BCUT2D eigenvalue weighted by Gasteiger charge is -2.33. The van der Waals surface area contributed by atoms with E-state index in [9.17, 15) is 40.8 Å². The van der Waals surface area contributed by atoms with E-state index in [1.165, 1.54) is 24.3 Å². The first-order chi connectivity index (χ1) is 20.3. The highest BCUT2D eigenvalue weighted by Gasteiger charge is 2.33. The summed E-state index contributed by atoms with van der Waals surface area (Å²) in [5, 5.41) is 15.2. The number of anilines is 1. The highest BCUT2D eigenvalue weighted by molar-refractivity contribution is 7.89. The number of hydrogen-bond acceptors (Lipinski definition) is 7. The highest BCUT2D eigenvalue weighted by Crippen LogP contribution is 2.32. The molecule has 240 valence electrons. The second-order valence-electron chi connectivity index (χ2n) is 11.2. The number of nitrogens with two attached hydrogens (primary N) is 1. The summed E-state index contributed by atoms with van der Waals surface area (Å²) in [7, 11) is -3.93. The van der Waals surface area contributed by atoms with Crippen molar-refractivity contribution in [2.24, 2.45) is 5.14 Å². The second-order valence-corrected chi connectivity index (χ2v) is 12.7. The summed E-state index contributed by atoms with van der Waals surface area (Å²) >= 11 is 0. The molecule has 2 aromatic rings. The standard InChI is InChI=1S/C28H34F3N5O7S/c1-27(2,3)43-26(40)36-20-13-10-17(28(29,30)31)14-19(20)25(39)33-15-23(37)34-21-6-4-5-7-22(21)35-24(38)16-8-11-18(12-9-16)44(32,41)42/h8-14,21-22H,4-7,15H2,1-3H3,(H,33,39)(H,34,37)(H,35,38)(H,36,40)(H2,32,41,42)/t21-,22+/m0/s1. The van der Waals surface area contributed by atoms with Crippen LogP contribution in [-0.4, -0.2) is 56.5 Å². The van der Waals surface area contributed by atoms with Gasteiger partial charge in [0.25, 0.3) is 11.8 Å². The maximum Gasteiger partial charge on any atom is 0.416 e. The molecule has 0 aromatic heterocycles. The summed E-state index contributed by atoms with van der Waals surface area (Å²) in [6.07, 6.45) is -3.22. The lowest BCUT2D eigenvalue weighted by atomic mass is 9.90. The normalized spacial score (nSPS) is 17.2. The molecule has 4 amide bonds. The van der Waals surface area contributed by atoms with E-state index in [1.807, 2.05) is 0 Å². The molecule has 0 radical (unpaired) electrons. The molecule has 6 N–H and O–H groups in total. The molecule has 0 spiro atoms. The van der Waals surface area contributed by atoms with Gasteiger partial charge in [-0.2, -0.15) is 13.2 Å². The lowest BCUT2D eigenvalue weighted by molar-refractivity contribution is -0.137. The summed E-state index contributed by atoms with van der Waals surface area (Å²) in [5.74, 6) is -2.20. The predicted octanol–water partition coefficient (Wildman–Crippen LogP) is 3.29. The van der Waals surface area contributed by atoms with E-state index in [2.05, 4.69) is 21.3 Å². The number of carbonyl (C=O) groups excluding carboxylic acids is 4. The molecule has 0 aliphatic heterocycles. The van der Waals surface area contributed by atoms with Crippen LogP contribution in [0.1, 0.15) is 72.7 Å². The molecule has 2 atom stereocenters. The molecule has 1 fully saturated rings. The van der Waals surface area contributed by atoms with Crippen LogP contribution in [0.25, 0.3) is 0 Å². The van der Waals surface area contributed by atoms with Crippen LogP contribution >= 0.6 is 0 Å². The van der Waals surface area contributed by atoms with Gasteiger partial charge < -0.3 is 20.7 Å². The molecule has 1 saturated carbocycles. The fraction of sp³-hybridized carbons (Fsp3) is 0.429. The minimum atomic E-state index is -4.78. The quantitative estimate of drug-likeness (QED) is 0.293. The number of hydrogen-bond donors (Lipinski definition) is 5. The minimum Gasteiger partial charge on any atom is -0.444 e. The molecule has 0 unspecified atom stereocenters. The van der Waals surface area contributed by atoms with Crippen molar-refractivity contribution in [3.05, 3.63) is 59.2 Å². The number of alkyl halides is 3. The third kappa shape index (κ3) is 9.94. The van der Waals surface area contributed by atoms with Gasteiger partial charge in [-0.15, -0.1) is 0 Å². The van der Waals surface area contributed by atoms with E-state index in [0.29, 0.717) is 25.0 Å². The Kier molecular flexibility index (Phi) is 10.6. The predicted molar refractivity (Wildman–Crippen MR) is 153 cm³/mol. The first kappa shape index (κ1) is 34.3. The Balaban J connectivity index is 1.66. The summed E-state index contributed by atoms with van der Waals surface area (Å²) < 4.78 is 68.1. The van der Waals surface area contributed by atoms with Crippen molar-refractivity contribution in [2.75, 3.05) is 11.9 Å². The zero-order chi connectivity index (χ0) is 32.9. The maximum atomic E-state index is 13.4. The molecular formula is C28H34F3N5O7S. The Morgan fingerprint density at radius 3 is 2.05 bits per heavy atom. The Morgan fingerprint density at radius 2 is 1.50 bits per heavy atom. The van der Waals surface area contributed by atoms with Crippen LogP contribution < -0.4 is 26.4 Å². The molecule has 12 nitrogen and oxygen atoms in total. The van der Waals surface area contributed by atoms with E-state index < -0.39 is 75.4 Å². The van der Waals surface area contributed by atoms with Crippen LogP contribution in [0.15, 0.2) is 47.4 Å². The first-order valence-corrected chi connectivity index (χ1v) is 15.1. The first-order valence-electron chi connectivity index (χ1n) is 13.6. The zero-order valence-corrected chi connectivity index (χ0v) is 25.0. The fourth-order valence-electron chi connectivity index (χ4n) is 4.47. The maximum absolute atomic E-state index is 13.4. The molecule has 3 rings (SSSR count). The molecule has 1 aliphatic carbocycles. The number of carbonyl (C=O) groups is 4. The number of nitrogens with one attached hydrogen (secondary N) is 4. The van der Waals surface area contributed by atoms with Gasteiger partial charge in [0.1, 0.15) is 5.60 Å². The van der Waals surface area contributed by atoms with Crippen molar-refractivity contribution in [1.82, 2.24) is 16.0 Å². The minimum absolute atomic E-state index is 0.156. The molecule has 44 heavy (non-hydrogen) atoms. The van der Waals surface area contributed by atoms with Gasteiger partial charge in [-0.25, -0.2) is 18.4 Å². The van der Waals surface area contributed by atoms with Gasteiger partial charge in [0.05, 0.1) is 28.3 Å². The molecule has 1 aliphatic rings. The number of amides is 4. The van der Waals surface area contributed by atoms with Crippen molar-refractivity contribution in [1.29, 1.82) is 0 Å². The van der Waals surface area contributed by atoms with E-state index in [0.717, 1.165) is 18.9 Å². The van der Waals surface area contributed by atoms with Gasteiger partial charge in [0.2, 0.25) is 15.9 Å². The molecular weight excluding hydrogens is 607 g/mol. The van der Waals surface area contributed by atoms with Gasteiger partial charge >= 0.3 is 12.3 Å². The summed E-state index contributed by atoms with van der Waals surface area (Å²) in [6, 6.07) is 6.18. The molecule has 0 saturated heterocycles. The summed E-state index contributed by atoms with van der Waals surface area (Å²) in [6.45, 7) is 4.15. The number of primary sulfonamides is 1. The molecule has 0 heterocycles. The van der Waals surface area contributed by atoms with Crippen molar-refractivity contribution in [3.63, 3.8) is 0 Å². The van der Waals surface area contributed by atoms with E-state index in [4.69, 9.17) is 9.88 Å². The van der Waals surface area contributed by atoms with Gasteiger partial charge in [-0.3, -0.25) is 19.7 Å². The highest BCUT2D eigenvalue weighted by atomic mass is 32.2. The Hall–Kier alpha value is -4.18. The number of benzene rings is 2. The van der Waals surface area contributed by atoms with E-state index >= 15 is 0 Å². The van der Waals surface area contributed by atoms with Crippen LogP contribution in [0.5, 0.6) is 0 Å². The van der Waals surface area contributed by atoms with Crippen LogP contribution in [0.2, 0.25) is 0 Å². The largest absolute Gasteiger partial charge is 0.444 e. The van der Waals surface area contributed by atoms with E-state index in [-0.39, 0.29) is 16.1 Å². The number of rotatable bonds is 8. The van der Waals surface area contributed by atoms with Gasteiger partial charge in [0.15, 0.2) is 0 Å². The SMILES string of the molecule is CC(C)(C)OC(=O)Nc1ccc(C(F)(F)F)cc1C(=O)NCC(=O)N[C@H]1CCCC[C@H]1NC(=O)c1ccc(S(N)(=O)=O)cc1. The second kappa shape index (κ2) is 13.6. The summed E-state index contributed by atoms with van der Waals surface area (Å²) in [5.41, 5.74) is -2.66. The Labute approximate surface area is 252 Å². The van der Waals surface area contributed by atoms with Crippen LogP contribution in [0, 0.1) is 0 Å².